The number of phenolic OH excluding ortho intramolecular Hbond substituents is 1. The first kappa shape index (κ1) is 15.5. The predicted octanol–water partition coefficient (Wildman–Crippen LogP) is 2.26. The molecule has 0 radical (unpaired) electrons. The summed E-state index contributed by atoms with van der Waals surface area (Å²) < 4.78 is 0. The molecule has 0 aromatic heterocycles. The molecule has 3 N–H and O–H groups in total. The van der Waals surface area contributed by atoms with E-state index in [1.807, 2.05) is 46.8 Å². The second-order valence-electron chi connectivity index (χ2n) is 5.34. The fourth-order valence-electron chi connectivity index (χ4n) is 1.97. The predicted molar refractivity (Wildman–Crippen MR) is 77.1 cm³/mol. The first-order valence-electron chi connectivity index (χ1n) is 6.67. The van der Waals surface area contributed by atoms with Crippen LogP contribution in [0.3, 0.4) is 0 Å². The number of rotatable bonds is 5. The van der Waals surface area contributed by atoms with Crippen molar-refractivity contribution in [3.05, 3.63) is 29.3 Å². The SMILES string of the molecule is Cc1ccc(O)c(C(C)NC(C)C(=O)NC(C)C)c1. The summed E-state index contributed by atoms with van der Waals surface area (Å²) >= 11 is 0. The third-order valence-electron chi connectivity index (χ3n) is 2.97. The molecule has 2 atom stereocenters. The van der Waals surface area contributed by atoms with Crippen molar-refractivity contribution < 1.29 is 9.90 Å². The van der Waals surface area contributed by atoms with Crippen molar-refractivity contribution in [2.75, 3.05) is 0 Å². The summed E-state index contributed by atoms with van der Waals surface area (Å²) in [5, 5.41) is 15.9. The highest BCUT2D eigenvalue weighted by Crippen LogP contribution is 2.25. The number of hydrogen-bond acceptors (Lipinski definition) is 3. The van der Waals surface area contributed by atoms with Crippen molar-refractivity contribution in [2.45, 2.75) is 52.7 Å². The Hall–Kier alpha value is -1.55. The van der Waals surface area contributed by atoms with Crippen molar-refractivity contribution >= 4 is 5.91 Å². The molecule has 2 unspecified atom stereocenters. The molecular formula is C15H24N2O2. The molecule has 0 saturated heterocycles. The lowest BCUT2D eigenvalue weighted by atomic mass is 10.0. The Bertz CT molecular complexity index is 444. The van der Waals surface area contributed by atoms with Gasteiger partial charge in [0, 0.05) is 17.6 Å². The Kier molecular flexibility index (Phi) is 5.36. The van der Waals surface area contributed by atoms with E-state index in [-0.39, 0.29) is 29.8 Å². The molecule has 0 aliphatic heterocycles. The molecule has 1 amide bonds. The maximum Gasteiger partial charge on any atom is 0.237 e. The molecule has 0 fully saturated rings. The first-order valence-corrected chi connectivity index (χ1v) is 6.67. The zero-order valence-electron chi connectivity index (χ0n) is 12.3. The number of carbonyl (C=O) groups excluding carboxylic acids is 1. The molecule has 4 nitrogen and oxygen atoms in total. The van der Waals surface area contributed by atoms with E-state index >= 15 is 0 Å². The summed E-state index contributed by atoms with van der Waals surface area (Å²) in [5.74, 6) is 0.219. The number of amides is 1. The van der Waals surface area contributed by atoms with Gasteiger partial charge in [0.1, 0.15) is 5.75 Å². The summed E-state index contributed by atoms with van der Waals surface area (Å²) in [6, 6.07) is 5.20. The van der Waals surface area contributed by atoms with Gasteiger partial charge in [-0.1, -0.05) is 17.7 Å². The standard InChI is InChI=1S/C15H24N2O2/c1-9(2)16-15(19)12(5)17-11(4)13-8-10(3)6-7-14(13)18/h6-9,11-12,17-18H,1-5H3,(H,16,19). The van der Waals surface area contributed by atoms with Gasteiger partial charge in [0.15, 0.2) is 0 Å². The van der Waals surface area contributed by atoms with Crippen LogP contribution in [0, 0.1) is 6.92 Å². The van der Waals surface area contributed by atoms with Crippen LogP contribution in [0.15, 0.2) is 18.2 Å². The van der Waals surface area contributed by atoms with Gasteiger partial charge >= 0.3 is 0 Å². The van der Waals surface area contributed by atoms with E-state index in [1.54, 1.807) is 6.07 Å². The van der Waals surface area contributed by atoms with Crippen molar-refractivity contribution in [3.63, 3.8) is 0 Å². The monoisotopic (exact) mass is 264 g/mol. The van der Waals surface area contributed by atoms with Crippen LogP contribution in [0.2, 0.25) is 0 Å². The van der Waals surface area contributed by atoms with Gasteiger partial charge in [0.05, 0.1) is 6.04 Å². The Labute approximate surface area is 115 Å². The molecule has 19 heavy (non-hydrogen) atoms. The number of carbonyl (C=O) groups is 1. The molecule has 0 saturated carbocycles. The van der Waals surface area contributed by atoms with Crippen molar-refractivity contribution in [1.29, 1.82) is 0 Å². The topological polar surface area (TPSA) is 61.4 Å². The lowest BCUT2D eigenvalue weighted by Gasteiger charge is -2.22. The van der Waals surface area contributed by atoms with E-state index in [9.17, 15) is 9.90 Å². The summed E-state index contributed by atoms with van der Waals surface area (Å²) in [4.78, 5) is 11.8. The van der Waals surface area contributed by atoms with Gasteiger partial charge in [0.25, 0.3) is 0 Å². The maximum atomic E-state index is 11.8. The average Bonchev–Trinajstić information content (AvgIpc) is 2.31. The first-order chi connectivity index (χ1) is 8.81. The number of aromatic hydroxyl groups is 1. The van der Waals surface area contributed by atoms with Gasteiger partial charge in [-0.3, -0.25) is 10.1 Å². The van der Waals surface area contributed by atoms with Gasteiger partial charge in [-0.25, -0.2) is 0 Å². The number of nitrogens with one attached hydrogen (secondary N) is 2. The van der Waals surface area contributed by atoms with Crippen LogP contribution in [0.4, 0.5) is 0 Å². The minimum absolute atomic E-state index is 0.0333. The Morgan fingerprint density at radius 1 is 1.21 bits per heavy atom. The fourth-order valence-corrected chi connectivity index (χ4v) is 1.97. The van der Waals surface area contributed by atoms with Crippen molar-refractivity contribution in [3.8, 4) is 5.75 Å². The minimum atomic E-state index is -0.308. The van der Waals surface area contributed by atoms with Crippen LogP contribution >= 0.6 is 0 Å². The third kappa shape index (κ3) is 4.56. The zero-order chi connectivity index (χ0) is 14.6. The molecule has 1 rings (SSSR count). The molecule has 106 valence electrons. The number of hydrogen-bond donors (Lipinski definition) is 3. The normalized spacial score (nSPS) is 14.2. The summed E-state index contributed by atoms with van der Waals surface area (Å²) in [5.41, 5.74) is 1.89. The molecule has 0 bridgehead atoms. The third-order valence-corrected chi connectivity index (χ3v) is 2.97. The average molecular weight is 264 g/mol. The Morgan fingerprint density at radius 3 is 2.42 bits per heavy atom. The Morgan fingerprint density at radius 2 is 1.84 bits per heavy atom. The van der Waals surface area contributed by atoms with Gasteiger partial charge in [-0.2, -0.15) is 0 Å². The van der Waals surface area contributed by atoms with Crippen LogP contribution < -0.4 is 10.6 Å². The van der Waals surface area contributed by atoms with Crippen molar-refractivity contribution in [2.24, 2.45) is 0 Å². The number of phenols is 1. The van der Waals surface area contributed by atoms with E-state index in [0.717, 1.165) is 11.1 Å². The highest BCUT2D eigenvalue weighted by molar-refractivity contribution is 5.81. The largest absolute Gasteiger partial charge is 0.508 e. The maximum absolute atomic E-state index is 11.8. The van der Waals surface area contributed by atoms with Crippen LogP contribution in [-0.2, 0) is 4.79 Å². The highest BCUT2D eigenvalue weighted by Gasteiger charge is 2.18. The van der Waals surface area contributed by atoms with E-state index < -0.39 is 0 Å². The molecule has 1 aromatic carbocycles. The highest BCUT2D eigenvalue weighted by atomic mass is 16.3. The van der Waals surface area contributed by atoms with Crippen molar-refractivity contribution in [1.82, 2.24) is 10.6 Å². The van der Waals surface area contributed by atoms with Gasteiger partial charge in [-0.05, 0) is 40.7 Å². The van der Waals surface area contributed by atoms with E-state index in [4.69, 9.17) is 0 Å². The fraction of sp³-hybridized carbons (Fsp3) is 0.533. The van der Waals surface area contributed by atoms with Crippen LogP contribution in [0.1, 0.15) is 44.9 Å². The Balaban J connectivity index is 2.71. The van der Waals surface area contributed by atoms with Crippen LogP contribution in [0.5, 0.6) is 5.75 Å². The summed E-state index contributed by atoms with van der Waals surface area (Å²) in [7, 11) is 0. The second kappa shape index (κ2) is 6.57. The number of benzene rings is 1. The molecule has 0 heterocycles. The molecule has 0 aliphatic carbocycles. The summed E-state index contributed by atoms with van der Waals surface area (Å²) in [6.07, 6.45) is 0. The number of aryl methyl sites for hydroxylation is 1. The quantitative estimate of drug-likeness (QED) is 0.764. The molecule has 4 heteroatoms. The lowest BCUT2D eigenvalue weighted by Crippen LogP contribution is -2.45. The van der Waals surface area contributed by atoms with Crippen LogP contribution in [0.25, 0.3) is 0 Å². The van der Waals surface area contributed by atoms with Crippen LogP contribution in [-0.4, -0.2) is 23.1 Å². The van der Waals surface area contributed by atoms with E-state index in [1.165, 1.54) is 0 Å². The minimum Gasteiger partial charge on any atom is -0.508 e. The van der Waals surface area contributed by atoms with Gasteiger partial charge in [0.2, 0.25) is 5.91 Å². The summed E-state index contributed by atoms with van der Waals surface area (Å²) in [6.45, 7) is 9.60. The van der Waals surface area contributed by atoms with Gasteiger partial charge in [-0.15, -0.1) is 0 Å². The molecular weight excluding hydrogens is 240 g/mol. The molecule has 0 spiro atoms. The van der Waals surface area contributed by atoms with Gasteiger partial charge < -0.3 is 10.4 Å². The van der Waals surface area contributed by atoms with E-state index in [0.29, 0.717) is 0 Å². The second-order valence-corrected chi connectivity index (χ2v) is 5.34. The lowest BCUT2D eigenvalue weighted by molar-refractivity contribution is -0.123. The zero-order valence-corrected chi connectivity index (χ0v) is 12.3. The smallest absolute Gasteiger partial charge is 0.237 e. The molecule has 0 aliphatic rings. The molecule has 1 aromatic rings. The van der Waals surface area contributed by atoms with E-state index in [2.05, 4.69) is 10.6 Å².